The fourth-order valence-corrected chi connectivity index (χ4v) is 3.02. The van der Waals surface area contributed by atoms with Crippen molar-refractivity contribution in [1.82, 2.24) is 0 Å². The van der Waals surface area contributed by atoms with Crippen LogP contribution in [0, 0.1) is 18.8 Å². The van der Waals surface area contributed by atoms with Crippen LogP contribution < -0.4 is 10.1 Å². The molecule has 0 unspecified atom stereocenters. The number of hydrogen-bond acceptors (Lipinski definition) is 3. The molecule has 134 valence electrons. The standard InChI is InChI=1S/C21H21NO4/c1-14-6-2-5-9-19(14)26-16-12-10-15(11-13-16)22-20(23)17-7-3-4-8-18(17)21(24)25/h2-6,9-13,17-18H,7-8H2,1H3,(H,22,23)(H,24,25)/t17-,18+/m1/s1. The van der Waals surface area contributed by atoms with E-state index in [1.807, 2.05) is 43.3 Å². The largest absolute Gasteiger partial charge is 0.481 e. The van der Waals surface area contributed by atoms with Crippen LogP contribution in [-0.2, 0) is 9.59 Å². The number of rotatable bonds is 5. The molecule has 0 aromatic heterocycles. The highest BCUT2D eigenvalue weighted by atomic mass is 16.5. The van der Waals surface area contributed by atoms with E-state index >= 15 is 0 Å². The van der Waals surface area contributed by atoms with Gasteiger partial charge in [-0.1, -0.05) is 30.4 Å². The summed E-state index contributed by atoms with van der Waals surface area (Å²) in [7, 11) is 0. The van der Waals surface area contributed by atoms with Gasteiger partial charge in [0.25, 0.3) is 0 Å². The fourth-order valence-electron chi connectivity index (χ4n) is 3.02. The van der Waals surface area contributed by atoms with Crippen LogP contribution in [0.25, 0.3) is 0 Å². The third-order valence-electron chi connectivity index (χ3n) is 4.53. The molecule has 0 saturated carbocycles. The Morgan fingerprint density at radius 2 is 1.65 bits per heavy atom. The molecule has 0 radical (unpaired) electrons. The van der Waals surface area contributed by atoms with E-state index in [1.54, 1.807) is 24.3 Å². The van der Waals surface area contributed by atoms with Gasteiger partial charge in [-0.2, -0.15) is 0 Å². The van der Waals surface area contributed by atoms with E-state index < -0.39 is 17.8 Å². The van der Waals surface area contributed by atoms with Gasteiger partial charge in [-0.3, -0.25) is 9.59 Å². The van der Waals surface area contributed by atoms with Gasteiger partial charge in [-0.15, -0.1) is 0 Å². The summed E-state index contributed by atoms with van der Waals surface area (Å²) >= 11 is 0. The molecule has 26 heavy (non-hydrogen) atoms. The SMILES string of the molecule is Cc1ccccc1Oc1ccc(NC(=O)[C@@H]2CC=CC[C@@H]2C(=O)O)cc1. The number of ether oxygens (including phenoxy) is 1. The molecule has 5 heteroatoms. The predicted octanol–water partition coefficient (Wildman–Crippen LogP) is 4.39. The number of hydrogen-bond donors (Lipinski definition) is 2. The van der Waals surface area contributed by atoms with Crippen LogP contribution in [0.5, 0.6) is 11.5 Å². The number of allylic oxidation sites excluding steroid dienone is 2. The number of para-hydroxylation sites is 1. The van der Waals surface area contributed by atoms with Crippen molar-refractivity contribution in [2.24, 2.45) is 11.8 Å². The van der Waals surface area contributed by atoms with Gasteiger partial charge in [-0.05, 0) is 55.7 Å². The first-order chi connectivity index (χ1) is 12.5. The maximum Gasteiger partial charge on any atom is 0.307 e. The zero-order valence-electron chi connectivity index (χ0n) is 14.5. The molecular formula is C21H21NO4. The summed E-state index contributed by atoms with van der Waals surface area (Å²) in [5, 5.41) is 12.1. The average molecular weight is 351 g/mol. The Morgan fingerprint density at radius 3 is 2.31 bits per heavy atom. The minimum Gasteiger partial charge on any atom is -0.481 e. The van der Waals surface area contributed by atoms with E-state index in [0.717, 1.165) is 11.3 Å². The fraction of sp³-hybridized carbons (Fsp3) is 0.238. The van der Waals surface area contributed by atoms with E-state index in [1.165, 1.54) is 0 Å². The molecule has 0 saturated heterocycles. The molecule has 0 bridgehead atoms. The average Bonchev–Trinajstić information content (AvgIpc) is 2.65. The van der Waals surface area contributed by atoms with Crippen molar-refractivity contribution in [2.45, 2.75) is 19.8 Å². The van der Waals surface area contributed by atoms with Crippen molar-refractivity contribution in [1.29, 1.82) is 0 Å². The molecule has 0 spiro atoms. The van der Waals surface area contributed by atoms with Gasteiger partial charge < -0.3 is 15.2 Å². The number of amides is 1. The highest BCUT2D eigenvalue weighted by molar-refractivity contribution is 5.95. The van der Waals surface area contributed by atoms with Gasteiger partial charge in [0.2, 0.25) is 5.91 Å². The number of carboxylic acids is 1. The van der Waals surface area contributed by atoms with E-state index in [9.17, 15) is 14.7 Å². The van der Waals surface area contributed by atoms with Crippen molar-refractivity contribution in [3.63, 3.8) is 0 Å². The molecule has 1 amide bonds. The van der Waals surface area contributed by atoms with Gasteiger partial charge in [-0.25, -0.2) is 0 Å². The first-order valence-electron chi connectivity index (χ1n) is 8.57. The Hall–Kier alpha value is -3.08. The number of carbonyl (C=O) groups excluding carboxylic acids is 1. The third kappa shape index (κ3) is 4.11. The summed E-state index contributed by atoms with van der Waals surface area (Å²) in [6.07, 6.45) is 4.51. The van der Waals surface area contributed by atoms with E-state index in [2.05, 4.69) is 5.32 Å². The van der Waals surface area contributed by atoms with Crippen LogP contribution in [0.2, 0.25) is 0 Å². The lowest BCUT2D eigenvalue weighted by atomic mass is 9.82. The third-order valence-corrected chi connectivity index (χ3v) is 4.53. The second-order valence-corrected chi connectivity index (χ2v) is 6.38. The minimum absolute atomic E-state index is 0.269. The predicted molar refractivity (Wildman–Crippen MR) is 99.3 cm³/mol. The number of carboxylic acid groups (broad SMARTS) is 1. The van der Waals surface area contributed by atoms with Gasteiger partial charge in [0.15, 0.2) is 0 Å². The van der Waals surface area contributed by atoms with E-state index in [4.69, 9.17) is 4.74 Å². The summed E-state index contributed by atoms with van der Waals surface area (Å²) in [5.74, 6) is -0.987. The summed E-state index contributed by atoms with van der Waals surface area (Å²) in [6.45, 7) is 1.97. The van der Waals surface area contributed by atoms with E-state index in [0.29, 0.717) is 24.3 Å². The number of aliphatic carboxylic acids is 1. The zero-order valence-corrected chi connectivity index (χ0v) is 14.5. The molecule has 0 aliphatic heterocycles. The summed E-state index contributed by atoms with van der Waals surface area (Å²) in [4.78, 5) is 23.8. The van der Waals surface area contributed by atoms with Gasteiger partial charge >= 0.3 is 5.97 Å². The van der Waals surface area contributed by atoms with Gasteiger partial charge in [0, 0.05) is 5.69 Å². The van der Waals surface area contributed by atoms with Gasteiger partial charge in [0.1, 0.15) is 11.5 Å². The second kappa shape index (κ2) is 7.87. The molecule has 1 aliphatic rings. The van der Waals surface area contributed by atoms with Crippen LogP contribution in [0.4, 0.5) is 5.69 Å². The van der Waals surface area contributed by atoms with E-state index in [-0.39, 0.29) is 5.91 Å². The lowest BCUT2D eigenvalue weighted by molar-refractivity contribution is -0.146. The summed E-state index contributed by atoms with van der Waals surface area (Å²) in [6, 6.07) is 14.8. The summed E-state index contributed by atoms with van der Waals surface area (Å²) < 4.78 is 5.83. The topological polar surface area (TPSA) is 75.6 Å². The van der Waals surface area contributed by atoms with Crippen LogP contribution in [-0.4, -0.2) is 17.0 Å². The maximum absolute atomic E-state index is 12.5. The lowest BCUT2D eigenvalue weighted by Gasteiger charge is -2.24. The van der Waals surface area contributed by atoms with Crippen LogP contribution in [0.1, 0.15) is 18.4 Å². The van der Waals surface area contributed by atoms with Crippen molar-refractivity contribution in [2.75, 3.05) is 5.32 Å². The molecule has 1 aliphatic carbocycles. The highest BCUT2D eigenvalue weighted by Gasteiger charge is 2.33. The van der Waals surface area contributed by atoms with Crippen molar-refractivity contribution in [3.8, 4) is 11.5 Å². The number of carbonyl (C=O) groups is 2. The molecule has 5 nitrogen and oxygen atoms in total. The smallest absolute Gasteiger partial charge is 0.307 e. The van der Waals surface area contributed by atoms with Crippen molar-refractivity contribution >= 4 is 17.6 Å². The Morgan fingerprint density at radius 1 is 1.00 bits per heavy atom. The molecule has 2 atom stereocenters. The molecular weight excluding hydrogens is 330 g/mol. The number of benzene rings is 2. The van der Waals surface area contributed by atoms with Crippen molar-refractivity contribution in [3.05, 3.63) is 66.2 Å². The normalized spacial score (nSPS) is 19.0. The van der Waals surface area contributed by atoms with Gasteiger partial charge in [0.05, 0.1) is 11.8 Å². The quantitative estimate of drug-likeness (QED) is 0.783. The molecule has 2 aromatic rings. The van der Waals surface area contributed by atoms with Crippen LogP contribution in [0.15, 0.2) is 60.7 Å². The monoisotopic (exact) mass is 351 g/mol. The van der Waals surface area contributed by atoms with Crippen LogP contribution in [0.3, 0.4) is 0 Å². The minimum atomic E-state index is -0.934. The zero-order chi connectivity index (χ0) is 18.5. The molecule has 3 rings (SSSR count). The Labute approximate surface area is 152 Å². The molecule has 0 fully saturated rings. The Kier molecular flexibility index (Phi) is 5.37. The second-order valence-electron chi connectivity index (χ2n) is 6.38. The number of aryl methyl sites for hydroxylation is 1. The molecule has 2 aromatic carbocycles. The molecule has 2 N–H and O–H groups in total. The number of nitrogens with one attached hydrogen (secondary N) is 1. The Bertz CT molecular complexity index is 826. The molecule has 0 heterocycles. The number of anilines is 1. The first kappa shape index (κ1) is 17.7. The summed E-state index contributed by atoms with van der Waals surface area (Å²) in [5.41, 5.74) is 1.65. The van der Waals surface area contributed by atoms with Crippen LogP contribution >= 0.6 is 0 Å². The first-order valence-corrected chi connectivity index (χ1v) is 8.57. The lowest BCUT2D eigenvalue weighted by Crippen LogP contribution is -2.34. The highest BCUT2D eigenvalue weighted by Crippen LogP contribution is 2.29. The van der Waals surface area contributed by atoms with Crippen molar-refractivity contribution < 1.29 is 19.4 Å². The maximum atomic E-state index is 12.5. The Balaban J connectivity index is 1.65.